The summed E-state index contributed by atoms with van der Waals surface area (Å²) in [5.41, 5.74) is 1.92. The monoisotopic (exact) mass is 515 g/mol. The van der Waals surface area contributed by atoms with E-state index in [0.717, 1.165) is 58.4 Å². The molecule has 0 amide bonds. The standard InChI is InChI=1S/C30H30NO3PS/c1-29(2)31-28(30(36-29)18-8-3-9-19-30)35(32)33-24-16-14-20-10-4-6-12-22(20)26(24)27-23-13-7-5-11-21(23)15-17-25(27)34-35/h4-7,10-17,28,31H,3,8-9,18-19H2,1-2H3/t28-/m0/s1. The Labute approximate surface area is 216 Å². The van der Waals surface area contributed by atoms with Crippen molar-refractivity contribution in [3.05, 3.63) is 72.8 Å². The second-order valence-electron chi connectivity index (χ2n) is 10.8. The number of hydrogen-bond donors (Lipinski definition) is 1. The smallest absolute Gasteiger partial charge is 0.414 e. The molecule has 0 bridgehead atoms. The number of rotatable bonds is 1. The van der Waals surface area contributed by atoms with Crippen LogP contribution < -0.4 is 14.4 Å². The lowest BCUT2D eigenvalue weighted by atomic mass is 9.88. The molecule has 3 aliphatic rings. The number of thioether (sulfide) groups is 1. The maximum atomic E-state index is 15.1. The molecule has 4 aromatic rings. The first kappa shape index (κ1) is 22.7. The van der Waals surface area contributed by atoms with E-state index in [1.54, 1.807) is 0 Å². The Morgan fingerprint density at radius 1 is 0.778 bits per heavy atom. The van der Waals surface area contributed by atoms with E-state index in [2.05, 4.69) is 55.6 Å². The lowest BCUT2D eigenvalue weighted by molar-refractivity contribution is 0.307. The van der Waals surface area contributed by atoms with Gasteiger partial charge in [-0.15, -0.1) is 11.8 Å². The summed E-state index contributed by atoms with van der Waals surface area (Å²) in [4.78, 5) is -0.211. The van der Waals surface area contributed by atoms with Gasteiger partial charge in [-0.1, -0.05) is 79.9 Å². The Morgan fingerprint density at radius 2 is 1.31 bits per heavy atom. The van der Waals surface area contributed by atoms with Crippen LogP contribution >= 0.6 is 19.4 Å². The van der Waals surface area contributed by atoms with E-state index in [4.69, 9.17) is 9.05 Å². The lowest BCUT2D eigenvalue weighted by Gasteiger charge is -2.39. The third-order valence-electron chi connectivity index (χ3n) is 7.94. The van der Waals surface area contributed by atoms with Crippen molar-refractivity contribution in [2.45, 2.75) is 61.4 Å². The zero-order valence-corrected chi connectivity index (χ0v) is 22.3. The van der Waals surface area contributed by atoms with Crippen molar-refractivity contribution in [3.63, 3.8) is 0 Å². The molecule has 2 aliphatic heterocycles. The van der Waals surface area contributed by atoms with E-state index in [1.165, 1.54) is 6.42 Å². The van der Waals surface area contributed by atoms with Crippen LogP contribution in [-0.4, -0.2) is 15.4 Å². The summed E-state index contributed by atoms with van der Waals surface area (Å²) in [5, 5.41) is 8.11. The predicted molar refractivity (Wildman–Crippen MR) is 150 cm³/mol. The van der Waals surface area contributed by atoms with Gasteiger partial charge in [0.2, 0.25) is 0 Å². The van der Waals surface area contributed by atoms with E-state index >= 15 is 4.57 Å². The molecule has 0 radical (unpaired) electrons. The average molecular weight is 516 g/mol. The molecule has 36 heavy (non-hydrogen) atoms. The molecule has 184 valence electrons. The summed E-state index contributed by atoms with van der Waals surface area (Å²) in [6.07, 6.45) is 5.55. The fourth-order valence-corrected chi connectivity index (χ4v) is 11.4. The molecular weight excluding hydrogens is 485 g/mol. The molecule has 1 aliphatic carbocycles. The topological polar surface area (TPSA) is 47.6 Å². The molecule has 4 nitrogen and oxygen atoms in total. The third-order valence-corrected chi connectivity index (χ3v) is 12.0. The van der Waals surface area contributed by atoms with Gasteiger partial charge in [-0.25, -0.2) is 4.57 Å². The van der Waals surface area contributed by atoms with Gasteiger partial charge in [0.1, 0.15) is 17.3 Å². The molecule has 1 saturated heterocycles. The summed E-state index contributed by atoms with van der Waals surface area (Å²) >= 11 is 1.92. The van der Waals surface area contributed by atoms with E-state index < -0.39 is 7.60 Å². The van der Waals surface area contributed by atoms with Crippen LogP contribution in [0, 0.1) is 0 Å². The second-order valence-corrected chi connectivity index (χ2v) is 14.8. The first-order chi connectivity index (χ1) is 17.4. The normalized spacial score (nSPS) is 23.4. The predicted octanol–water partition coefficient (Wildman–Crippen LogP) is 8.73. The minimum Gasteiger partial charge on any atom is -0.414 e. The highest BCUT2D eigenvalue weighted by molar-refractivity contribution is 8.02. The van der Waals surface area contributed by atoms with Gasteiger partial charge < -0.3 is 9.05 Å². The van der Waals surface area contributed by atoms with Crippen LogP contribution in [0.4, 0.5) is 0 Å². The van der Waals surface area contributed by atoms with Gasteiger partial charge in [0.25, 0.3) is 0 Å². The summed E-state index contributed by atoms with van der Waals surface area (Å²) in [6.45, 7) is 4.36. The average Bonchev–Trinajstić information content (AvgIpc) is 3.05. The molecule has 1 atom stereocenters. The summed E-state index contributed by atoms with van der Waals surface area (Å²) in [5.74, 6) is 0.881. The van der Waals surface area contributed by atoms with Crippen molar-refractivity contribution in [2.24, 2.45) is 0 Å². The fraction of sp³-hybridized carbons (Fsp3) is 0.333. The Balaban J connectivity index is 1.50. The van der Waals surface area contributed by atoms with Crippen molar-refractivity contribution in [2.75, 3.05) is 0 Å². The molecule has 0 unspecified atom stereocenters. The van der Waals surface area contributed by atoms with Crippen LogP contribution in [0.2, 0.25) is 0 Å². The number of nitrogens with one attached hydrogen (secondary N) is 1. The Kier molecular flexibility index (Phi) is 5.06. The molecule has 1 N–H and O–H groups in total. The summed E-state index contributed by atoms with van der Waals surface area (Å²) < 4.78 is 28.2. The molecule has 2 fully saturated rings. The minimum atomic E-state index is -3.67. The lowest BCUT2D eigenvalue weighted by Crippen LogP contribution is -2.46. The largest absolute Gasteiger partial charge is 0.449 e. The maximum absolute atomic E-state index is 15.1. The molecule has 2 heterocycles. The van der Waals surface area contributed by atoms with Gasteiger partial charge in [0, 0.05) is 15.9 Å². The van der Waals surface area contributed by atoms with Crippen molar-refractivity contribution < 1.29 is 13.6 Å². The highest BCUT2D eigenvalue weighted by atomic mass is 32.2. The maximum Gasteiger partial charge on any atom is 0.449 e. The first-order valence-electron chi connectivity index (χ1n) is 12.9. The van der Waals surface area contributed by atoms with E-state index in [0.29, 0.717) is 11.5 Å². The van der Waals surface area contributed by atoms with E-state index in [9.17, 15) is 0 Å². The Morgan fingerprint density at radius 3 is 1.86 bits per heavy atom. The second kappa shape index (κ2) is 8.02. The van der Waals surface area contributed by atoms with Gasteiger partial charge in [-0.2, -0.15) is 0 Å². The first-order valence-corrected chi connectivity index (χ1v) is 15.3. The summed E-state index contributed by atoms with van der Waals surface area (Å²) in [7, 11) is -3.67. The van der Waals surface area contributed by atoms with Crippen LogP contribution in [0.25, 0.3) is 32.7 Å². The minimum absolute atomic E-state index is 0.171. The highest BCUT2D eigenvalue weighted by Crippen LogP contribution is 2.68. The molecule has 1 spiro atoms. The molecule has 1 saturated carbocycles. The van der Waals surface area contributed by atoms with E-state index in [1.807, 2.05) is 48.2 Å². The SMILES string of the molecule is CC1(C)N[C@@H](P2(=O)Oc3ccc4ccccc4c3-c3c(ccc4ccccc34)O2)C2(CCCCC2)S1. The van der Waals surface area contributed by atoms with Crippen LogP contribution in [0.3, 0.4) is 0 Å². The van der Waals surface area contributed by atoms with Crippen molar-refractivity contribution >= 4 is 40.9 Å². The highest BCUT2D eigenvalue weighted by Gasteiger charge is 2.61. The van der Waals surface area contributed by atoms with Gasteiger partial charge >= 0.3 is 7.60 Å². The molecular formula is C30H30NO3PS. The number of hydrogen-bond acceptors (Lipinski definition) is 5. The van der Waals surface area contributed by atoms with Crippen LogP contribution in [0.15, 0.2) is 72.8 Å². The van der Waals surface area contributed by atoms with Crippen molar-refractivity contribution in [1.29, 1.82) is 0 Å². The summed E-state index contributed by atoms with van der Waals surface area (Å²) in [6, 6.07) is 24.7. The van der Waals surface area contributed by atoms with Crippen molar-refractivity contribution in [1.82, 2.24) is 5.32 Å². The van der Waals surface area contributed by atoms with Gasteiger partial charge in [-0.05, 0) is 60.4 Å². The van der Waals surface area contributed by atoms with Crippen LogP contribution in [0.5, 0.6) is 11.5 Å². The van der Waals surface area contributed by atoms with Crippen LogP contribution in [-0.2, 0) is 4.57 Å². The Hall–Kier alpha value is -2.46. The van der Waals surface area contributed by atoms with Crippen LogP contribution in [0.1, 0.15) is 46.0 Å². The molecule has 7 rings (SSSR count). The quantitative estimate of drug-likeness (QED) is 0.257. The van der Waals surface area contributed by atoms with Gasteiger partial charge in [0.05, 0.1) is 4.87 Å². The zero-order chi connectivity index (χ0) is 24.5. The number of benzene rings is 4. The fourth-order valence-electron chi connectivity index (χ4n) is 6.52. The van der Waals surface area contributed by atoms with E-state index in [-0.39, 0.29) is 15.4 Å². The van der Waals surface area contributed by atoms with Crippen molar-refractivity contribution in [3.8, 4) is 22.6 Å². The molecule has 0 aromatic heterocycles. The number of fused-ring (bicyclic) bond motifs is 7. The zero-order valence-electron chi connectivity index (χ0n) is 20.6. The Bertz CT molecular complexity index is 1470. The van der Waals surface area contributed by atoms with Gasteiger partial charge in [-0.3, -0.25) is 5.32 Å². The third kappa shape index (κ3) is 3.44. The van der Waals surface area contributed by atoms with Gasteiger partial charge in [0.15, 0.2) is 0 Å². The molecule has 6 heteroatoms. The molecule has 4 aromatic carbocycles.